The first-order valence-electron chi connectivity index (χ1n) is 11.3. The molecule has 0 saturated carbocycles. The predicted octanol–water partition coefficient (Wildman–Crippen LogP) is 3.59. The molecule has 8 heteroatoms. The highest BCUT2D eigenvalue weighted by Gasteiger charge is 2.29. The Morgan fingerprint density at radius 2 is 1.76 bits per heavy atom. The van der Waals surface area contributed by atoms with Crippen LogP contribution in [0, 0.1) is 5.92 Å². The molecule has 0 radical (unpaired) electrons. The zero-order chi connectivity index (χ0) is 24.0. The van der Waals surface area contributed by atoms with Crippen molar-refractivity contribution in [3.63, 3.8) is 0 Å². The van der Waals surface area contributed by atoms with Crippen molar-refractivity contribution in [2.24, 2.45) is 5.92 Å². The third kappa shape index (κ3) is 6.85. The fourth-order valence-corrected chi connectivity index (χ4v) is 4.97. The van der Waals surface area contributed by atoms with Gasteiger partial charge in [-0.25, -0.2) is 0 Å². The zero-order valence-electron chi connectivity index (χ0n) is 19.9. The lowest BCUT2D eigenvalue weighted by Gasteiger charge is -2.31. The monoisotopic (exact) mass is 477 g/mol. The van der Waals surface area contributed by atoms with Gasteiger partial charge in [0.2, 0.25) is 0 Å². The van der Waals surface area contributed by atoms with Gasteiger partial charge in [0.05, 0.1) is 26.6 Å². The van der Waals surface area contributed by atoms with Crippen LogP contribution in [0.25, 0.3) is 0 Å². The minimum Gasteiger partial charge on any atom is -0.493 e. The molecule has 0 heterocycles. The van der Waals surface area contributed by atoms with E-state index >= 15 is 0 Å². The van der Waals surface area contributed by atoms with Gasteiger partial charge in [0.1, 0.15) is 5.75 Å². The Morgan fingerprint density at radius 3 is 2.45 bits per heavy atom. The molecule has 0 bridgehead atoms. The lowest BCUT2D eigenvalue weighted by atomic mass is 9.79. The molecule has 0 spiro atoms. The first-order valence-corrected chi connectivity index (χ1v) is 13.1. The summed E-state index contributed by atoms with van der Waals surface area (Å²) in [5, 5.41) is 11.0. The van der Waals surface area contributed by atoms with Crippen LogP contribution in [0.4, 0.5) is 0 Å². The molecule has 33 heavy (non-hydrogen) atoms. The molecule has 2 atom stereocenters. The summed E-state index contributed by atoms with van der Waals surface area (Å²) in [6.07, 6.45) is 5.03. The Labute approximate surface area is 197 Å². The first kappa shape index (κ1) is 25.3. The lowest BCUT2D eigenvalue weighted by molar-refractivity contribution is 0.0851. The minimum absolute atomic E-state index is 0.216. The average molecular weight is 478 g/mol. The van der Waals surface area contributed by atoms with Crippen LogP contribution in [0.15, 0.2) is 36.4 Å². The summed E-state index contributed by atoms with van der Waals surface area (Å²) >= 11 is 0. The molecule has 182 valence electrons. The van der Waals surface area contributed by atoms with Gasteiger partial charge in [-0.05, 0) is 86.5 Å². The van der Waals surface area contributed by atoms with E-state index in [1.807, 2.05) is 24.3 Å². The Bertz CT molecular complexity index is 1040. The summed E-state index contributed by atoms with van der Waals surface area (Å²) in [4.78, 5) is 2.23. The molecule has 0 saturated heterocycles. The average Bonchev–Trinajstić information content (AvgIpc) is 2.78. The molecule has 0 fully saturated rings. The normalized spacial score (nSPS) is 18.1. The number of fused-ring (bicyclic) bond motifs is 1. The molecule has 1 aliphatic rings. The van der Waals surface area contributed by atoms with Crippen LogP contribution in [-0.4, -0.2) is 59.0 Å². The van der Waals surface area contributed by atoms with Crippen molar-refractivity contribution in [1.29, 1.82) is 0 Å². The van der Waals surface area contributed by atoms with Crippen LogP contribution < -0.4 is 13.7 Å². The fourth-order valence-electron chi connectivity index (χ4n) is 4.48. The van der Waals surface area contributed by atoms with Crippen molar-refractivity contribution in [2.45, 2.75) is 38.2 Å². The van der Waals surface area contributed by atoms with Crippen LogP contribution in [0.1, 0.15) is 42.1 Å². The van der Waals surface area contributed by atoms with Gasteiger partial charge in [-0.3, -0.25) is 0 Å². The second-order valence-corrected chi connectivity index (χ2v) is 10.3. The summed E-state index contributed by atoms with van der Waals surface area (Å²) in [6, 6.07) is 11.1. The van der Waals surface area contributed by atoms with Gasteiger partial charge >= 0.3 is 10.1 Å². The Hall–Kier alpha value is -2.29. The number of aliphatic hydroxyl groups excluding tert-OH is 1. The fraction of sp³-hybridized carbons (Fsp3) is 0.520. The molecular weight excluding hydrogens is 442 g/mol. The SMILES string of the molecule is COc1cc2c(cc1OC)C(O)C(CCCN(C)CCc1ccccc1OS(C)(=O)=O)CC2. The molecule has 2 aromatic rings. The number of para-hydroxylation sites is 1. The largest absolute Gasteiger partial charge is 0.493 e. The smallest absolute Gasteiger partial charge is 0.306 e. The van der Waals surface area contributed by atoms with E-state index in [1.54, 1.807) is 26.4 Å². The van der Waals surface area contributed by atoms with Gasteiger partial charge in [0, 0.05) is 6.54 Å². The van der Waals surface area contributed by atoms with Crippen LogP contribution >= 0.6 is 0 Å². The second kappa shape index (κ2) is 11.2. The third-order valence-corrected chi connectivity index (χ3v) is 6.77. The number of hydrogen-bond acceptors (Lipinski definition) is 7. The molecule has 7 nitrogen and oxygen atoms in total. The second-order valence-electron chi connectivity index (χ2n) is 8.74. The van der Waals surface area contributed by atoms with E-state index in [1.165, 1.54) is 0 Å². The number of aliphatic hydroxyl groups is 1. The summed E-state index contributed by atoms with van der Waals surface area (Å²) in [5.74, 6) is 1.96. The van der Waals surface area contributed by atoms with Crippen molar-refractivity contribution in [3.05, 3.63) is 53.1 Å². The third-order valence-electron chi connectivity index (χ3n) is 6.29. The molecule has 2 aromatic carbocycles. The highest BCUT2D eigenvalue weighted by Crippen LogP contribution is 2.42. The van der Waals surface area contributed by atoms with Crippen LogP contribution in [0.2, 0.25) is 0 Å². The van der Waals surface area contributed by atoms with Crippen LogP contribution in [0.3, 0.4) is 0 Å². The molecule has 0 amide bonds. The van der Waals surface area contributed by atoms with Crippen LogP contribution in [0.5, 0.6) is 17.2 Å². The van der Waals surface area contributed by atoms with E-state index in [4.69, 9.17) is 13.7 Å². The number of ether oxygens (including phenoxy) is 2. The summed E-state index contributed by atoms with van der Waals surface area (Å²) in [7, 11) is 1.74. The molecular formula is C25H35NO6S. The standard InChI is InChI=1S/C25H35NO6S/c1-26(15-13-18-8-5-6-10-22(18)32-33(4,28)29)14-7-9-19-11-12-20-16-23(30-2)24(31-3)17-21(20)25(19)27/h5-6,8,10,16-17,19,25,27H,7,9,11-15H2,1-4H3. The quantitative estimate of drug-likeness (QED) is 0.495. The van der Waals surface area contributed by atoms with E-state index in [-0.39, 0.29) is 5.92 Å². The van der Waals surface area contributed by atoms with Crippen molar-refractivity contribution in [1.82, 2.24) is 4.90 Å². The zero-order valence-corrected chi connectivity index (χ0v) is 20.7. The lowest BCUT2D eigenvalue weighted by Crippen LogP contribution is -2.25. The van der Waals surface area contributed by atoms with Gasteiger partial charge in [-0.15, -0.1) is 0 Å². The maximum Gasteiger partial charge on any atom is 0.306 e. The van der Waals surface area contributed by atoms with E-state index in [2.05, 4.69) is 11.9 Å². The van der Waals surface area contributed by atoms with Gasteiger partial charge in [0.25, 0.3) is 0 Å². The van der Waals surface area contributed by atoms with Crippen LogP contribution in [-0.2, 0) is 23.0 Å². The summed E-state index contributed by atoms with van der Waals surface area (Å²) in [6.45, 7) is 1.69. The van der Waals surface area contributed by atoms with Gasteiger partial charge in [-0.1, -0.05) is 18.2 Å². The Balaban J connectivity index is 1.50. The number of hydrogen-bond donors (Lipinski definition) is 1. The van der Waals surface area contributed by atoms with Crippen molar-refractivity contribution >= 4 is 10.1 Å². The van der Waals surface area contributed by atoms with E-state index in [0.29, 0.717) is 23.7 Å². The number of likely N-dealkylation sites (N-methyl/N-ethyl adjacent to an activating group) is 1. The number of methoxy groups -OCH3 is 2. The molecule has 0 aromatic heterocycles. The van der Waals surface area contributed by atoms with Crippen molar-refractivity contribution < 1.29 is 27.2 Å². The minimum atomic E-state index is -3.55. The van der Waals surface area contributed by atoms with Crippen molar-refractivity contribution in [2.75, 3.05) is 40.6 Å². The molecule has 1 aliphatic carbocycles. The number of aryl methyl sites for hydroxylation is 1. The Morgan fingerprint density at radius 1 is 1.06 bits per heavy atom. The molecule has 2 unspecified atom stereocenters. The van der Waals surface area contributed by atoms with E-state index in [9.17, 15) is 13.5 Å². The first-order chi connectivity index (χ1) is 15.7. The van der Waals surface area contributed by atoms with Crippen molar-refractivity contribution in [3.8, 4) is 17.2 Å². The molecule has 0 aliphatic heterocycles. The highest BCUT2D eigenvalue weighted by molar-refractivity contribution is 7.86. The predicted molar refractivity (Wildman–Crippen MR) is 129 cm³/mol. The van der Waals surface area contributed by atoms with E-state index in [0.717, 1.165) is 61.7 Å². The van der Waals surface area contributed by atoms with Gasteiger partial charge in [0.15, 0.2) is 11.5 Å². The summed E-state index contributed by atoms with van der Waals surface area (Å²) < 4.78 is 38.9. The maximum atomic E-state index is 11.5. The maximum absolute atomic E-state index is 11.5. The number of rotatable bonds is 11. The highest BCUT2D eigenvalue weighted by atomic mass is 32.2. The number of benzene rings is 2. The van der Waals surface area contributed by atoms with Gasteiger partial charge in [-0.2, -0.15) is 8.42 Å². The summed E-state index contributed by atoms with van der Waals surface area (Å²) in [5.41, 5.74) is 2.95. The molecule has 3 rings (SSSR count). The van der Waals surface area contributed by atoms with Gasteiger partial charge < -0.3 is 23.7 Å². The topological polar surface area (TPSA) is 85.3 Å². The van der Waals surface area contributed by atoms with E-state index < -0.39 is 16.2 Å². The number of nitrogens with zero attached hydrogens (tertiary/aromatic N) is 1. The molecule has 1 N–H and O–H groups in total. The Kier molecular flexibility index (Phi) is 8.62.